The van der Waals surface area contributed by atoms with Crippen LogP contribution in [0.15, 0.2) is 36.5 Å². The Labute approximate surface area is 141 Å². The minimum absolute atomic E-state index is 0.0914. The smallest absolute Gasteiger partial charge is 0.271 e. The number of benzene rings is 1. The molecule has 2 aromatic rings. The summed E-state index contributed by atoms with van der Waals surface area (Å²) in [5, 5.41) is 10.5. The summed E-state index contributed by atoms with van der Waals surface area (Å²) in [7, 11) is 1.70. The fourth-order valence-electron chi connectivity index (χ4n) is 3.17. The lowest BCUT2D eigenvalue weighted by Gasteiger charge is -2.41. The van der Waals surface area contributed by atoms with Crippen molar-refractivity contribution in [1.29, 1.82) is 0 Å². The van der Waals surface area contributed by atoms with E-state index in [0.717, 1.165) is 13.1 Å². The fraction of sp³-hybridized carbons (Fsp3) is 0.471. The summed E-state index contributed by atoms with van der Waals surface area (Å²) in [6.45, 7) is 5.11. The minimum atomic E-state index is -0.188. The standard InChI is InChI=1S/C17H23N5O2/c1-3-22-9-10-24-15(16(22)13-7-5-4-6-8-13)12-18-17(23)14-11-19-20-21(14)2/h4-8,11,15-16H,3,9-10,12H2,1-2H3,(H,18,23)/t15-,16-/m0/s1. The molecular formula is C17H23N5O2. The van der Waals surface area contributed by atoms with Crippen molar-refractivity contribution in [3.05, 3.63) is 47.8 Å². The van der Waals surface area contributed by atoms with Crippen LogP contribution >= 0.6 is 0 Å². The van der Waals surface area contributed by atoms with Gasteiger partial charge in [0.05, 0.1) is 24.9 Å². The Morgan fingerprint density at radius 3 is 2.83 bits per heavy atom. The number of aryl methyl sites for hydroxylation is 1. The Hall–Kier alpha value is -2.25. The first-order valence-corrected chi connectivity index (χ1v) is 8.24. The highest BCUT2D eigenvalue weighted by molar-refractivity contribution is 5.92. The lowest BCUT2D eigenvalue weighted by molar-refractivity contribution is -0.0685. The summed E-state index contributed by atoms with van der Waals surface area (Å²) in [6.07, 6.45) is 1.37. The zero-order chi connectivity index (χ0) is 16.9. The Morgan fingerprint density at radius 1 is 1.38 bits per heavy atom. The number of ether oxygens (including phenoxy) is 1. The van der Waals surface area contributed by atoms with Gasteiger partial charge in [-0.05, 0) is 12.1 Å². The molecule has 0 radical (unpaired) electrons. The van der Waals surface area contributed by atoms with Crippen molar-refractivity contribution >= 4 is 5.91 Å². The van der Waals surface area contributed by atoms with Gasteiger partial charge in [-0.2, -0.15) is 0 Å². The number of nitrogens with zero attached hydrogens (tertiary/aromatic N) is 4. The van der Waals surface area contributed by atoms with Gasteiger partial charge in [0, 0.05) is 20.1 Å². The van der Waals surface area contributed by atoms with E-state index in [2.05, 4.69) is 39.6 Å². The number of hydrogen-bond donors (Lipinski definition) is 1. The van der Waals surface area contributed by atoms with Crippen molar-refractivity contribution in [3.8, 4) is 0 Å². The summed E-state index contributed by atoms with van der Waals surface area (Å²) >= 11 is 0. The van der Waals surface area contributed by atoms with E-state index in [-0.39, 0.29) is 18.1 Å². The van der Waals surface area contributed by atoms with Crippen molar-refractivity contribution in [3.63, 3.8) is 0 Å². The number of amides is 1. The van der Waals surface area contributed by atoms with Gasteiger partial charge in [0.15, 0.2) is 0 Å². The normalized spacial score (nSPS) is 21.6. The molecule has 128 valence electrons. The highest BCUT2D eigenvalue weighted by Crippen LogP contribution is 2.29. The second kappa shape index (κ2) is 7.55. The van der Waals surface area contributed by atoms with E-state index in [1.54, 1.807) is 7.05 Å². The lowest BCUT2D eigenvalue weighted by Crippen LogP contribution is -2.49. The van der Waals surface area contributed by atoms with Crippen molar-refractivity contribution < 1.29 is 9.53 Å². The molecule has 1 amide bonds. The molecule has 0 spiro atoms. The van der Waals surface area contributed by atoms with Crippen LogP contribution in [0.3, 0.4) is 0 Å². The first-order chi connectivity index (χ1) is 11.7. The molecule has 0 aliphatic carbocycles. The van der Waals surface area contributed by atoms with E-state index in [1.165, 1.54) is 16.4 Å². The molecule has 1 aromatic heterocycles. The van der Waals surface area contributed by atoms with E-state index < -0.39 is 0 Å². The van der Waals surface area contributed by atoms with Gasteiger partial charge in [-0.15, -0.1) is 5.10 Å². The first kappa shape index (κ1) is 16.6. The van der Waals surface area contributed by atoms with Gasteiger partial charge in [-0.3, -0.25) is 9.69 Å². The summed E-state index contributed by atoms with van der Waals surface area (Å²) < 4.78 is 7.44. The molecule has 3 rings (SSSR count). The van der Waals surface area contributed by atoms with E-state index in [4.69, 9.17) is 4.74 Å². The predicted molar refractivity (Wildman–Crippen MR) is 89.5 cm³/mol. The van der Waals surface area contributed by atoms with E-state index in [9.17, 15) is 4.79 Å². The number of carbonyl (C=O) groups is 1. The van der Waals surface area contributed by atoms with E-state index >= 15 is 0 Å². The number of likely N-dealkylation sites (N-methyl/N-ethyl adjacent to an activating group) is 1. The van der Waals surface area contributed by atoms with Crippen LogP contribution < -0.4 is 5.32 Å². The molecule has 1 fully saturated rings. The summed E-state index contributed by atoms with van der Waals surface area (Å²) in [6, 6.07) is 10.4. The van der Waals surface area contributed by atoms with Gasteiger partial charge in [0.25, 0.3) is 5.91 Å². The molecule has 0 saturated carbocycles. The maximum Gasteiger partial charge on any atom is 0.271 e. The number of nitrogens with one attached hydrogen (secondary N) is 1. The summed E-state index contributed by atoms with van der Waals surface area (Å²) in [4.78, 5) is 14.7. The zero-order valence-electron chi connectivity index (χ0n) is 14.1. The average Bonchev–Trinajstić information content (AvgIpc) is 3.06. The molecule has 1 N–H and O–H groups in total. The van der Waals surface area contributed by atoms with Gasteiger partial charge < -0.3 is 10.1 Å². The molecule has 1 saturated heterocycles. The van der Waals surface area contributed by atoms with Gasteiger partial charge >= 0.3 is 0 Å². The molecule has 7 heteroatoms. The molecule has 0 bridgehead atoms. The highest BCUT2D eigenvalue weighted by Gasteiger charge is 2.33. The third-order valence-electron chi connectivity index (χ3n) is 4.41. The summed E-state index contributed by atoms with van der Waals surface area (Å²) in [5.41, 5.74) is 1.65. The van der Waals surface area contributed by atoms with Crippen LogP contribution in [0.4, 0.5) is 0 Å². The molecule has 0 unspecified atom stereocenters. The van der Waals surface area contributed by atoms with Crippen molar-refractivity contribution in [2.45, 2.75) is 19.1 Å². The number of aromatic nitrogens is 3. The highest BCUT2D eigenvalue weighted by atomic mass is 16.5. The lowest BCUT2D eigenvalue weighted by atomic mass is 9.98. The van der Waals surface area contributed by atoms with Crippen LogP contribution in [0.1, 0.15) is 29.0 Å². The van der Waals surface area contributed by atoms with Gasteiger partial charge in [0.1, 0.15) is 5.69 Å². The molecule has 7 nitrogen and oxygen atoms in total. The van der Waals surface area contributed by atoms with E-state index in [1.807, 2.05) is 18.2 Å². The minimum Gasteiger partial charge on any atom is -0.373 e. The van der Waals surface area contributed by atoms with Crippen LogP contribution in [0.25, 0.3) is 0 Å². The maximum absolute atomic E-state index is 12.3. The molecule has 1 aliphatic rings. The molecule has 2 atom stereocenters. The van der Waals surface area contributed by atoms with Crippen molar-refractivity contribution in [2.24, 2.45) is 7.05 Å². The van der Waals surface area contributed by atoms with Gasteiger partial charge in [-0.1, -0.05) is 42.5 Å². The molecular weight excluding hydrogens is 306 g/mol. The zero-order valence-corrected chi connectivity index (χ0v) is 14.1. The van der Waals surface area contributed by atoms with Crippen molar-refractivity contribution in [2.75, 3.05) is 26.2 Å². The van der Waals surface area contributed by atoms with Gasteiger partial charge in [-0.25, -0.2) is 4.68 Å². The Balaban J connectivity index is 1.72. The third-order valence-corrected chi connectivity index (χ3v) is 4.41. The molecule has 2 heterocycles. The average molecular weight is 329 g/mol. The van der Waals surface area contributed by atoms with E-state index in [0.29, 0.717) is 18.8 Å². The monoisotopic (exact) mass is 329 g/mol. The van der Waals surface area contributed by atoms with Crippen LogP contribution in [0.2, 0.25) is 0 Å². The number of carbonyl (C=O) groups excluding carboxylic acids is 1. The number of morpholine rings is 1. The molecule has 1 aliphatic heterocycles. The largest absolute Gasteiger partial charge is 0.373 e. The fourth-order valence-corrected chi connectivity index (χ4v) is 3.17. The Morgan fingerprint density at radius 2 is 2.17 bits per heavy atom. The Bertz CT molecular complexity index is 673. The van der Waals surface area contributed by atoms with Gasteiger partial charge in [0.2, 0.25) is 0 Å². The van der Waals surface area contributed by atoms with Crippen LogP contribution in [-0.4, -0.2) is 58.1 Å². The number of rotatable bonds is 5. The predicted octanol–water partition coefficient (Wildman–Crippen LogP) is 1.01. The third kappa shape index (κ3) is 3.47. The van der Waals surface area contributed by atoms with Crippen molar-refractivity contribution in [1.82, 2.24) is 25.2 Å². The van der Waals surface area contributed by atoms with Crippen LogP contribution in [0.5, 0.6) is 0 Å². The Kier molecular flexibility index (Phi) is 5.22. The second-order valence-electron chi connectivity index (χ2n) is 5.85. The topological polar surface area (TPSA) is 72.3 Å². The second-order valence-corrected chi connectivity index (χ2v) is 5.85. The maximum atomic E-state index is 12.3. The summed E-state index contributed by atoms with van der Waals surface area (Å²) in [5.74, 6) is -0.188. The SMILES string of the molecule is CCN1CCO[C@@H](CNC(=O)c2cnnn2C)[C@@H]1c1ccccc1. The molecule has 1 aromatic carbocycles. The van der Waals surface area contributed by atoms with Crippen LogP contribution in [0, 0.1) is 0 Å². The number of hydrogen-bond acceptors (Lipinski definition) is 5. The molecule has 24 heavy (non-hydrogen) atoms. The quantitative estimate of drug-likeness (QED) is 0.886. The first-order valence-electron chi connectivity index (χ1n) is 8.24. The van der Waals surface area contributed by atoms with Crippen LogP contribution in [-0.2, 0) is 11.8 Å².